The van der Waals surface area contributed by atoms with Gasteiger partial charge >= 0.3 is 0 Å². The van der Waals surface area contributed by atoms with E-state index < -0.39 is 11.4 Å². The third kappa shape index (κ3) is 2.02. The highest BCUT2D eigenvalue weighted by molar-refractivity contribution is 6.09. The molecule has 0 aromatic heterocycles. The van der Waals surface area contributed by atoms with Crippen LogP contribution in [0.2, 0.25) is 0 Å². The first-order valence-electron chi connectivity index (χ1n) is 8.76. The fourth-order valence-corrected chi connectivity index (χ4v) is 4.14. The average molecular weight is 327 g/mol. The Bertz CT molecular complexity index is 725. The van der Waals surface area contributed by atoms with Crippen LogP contribution in [0.15, 0.2) is 30.4 Å². The molecule has 1 saturated heterocycles. The Labute approximate surface area is 143 Å². The van der Waals surface area contributed by atoms with Gasteiger partial charge in [-0.1, -0.05) is 32.9 Å². The summed E-state index contributed by atoms with van der Waals surface area (Å²) in [6.45, 7) is 7.19. The standard InChI is InChI=1S/C20H25NO3/c1-18(2,3)14-8-7-9-15-16(14)20(17(22)21(15)4)12-11-19(24-20)10-5-6-13-23-19/h7-9,11-12H,5-6,10,13H2,1-4H3. The molecule has 0 radical (unpaired) electrons. The van der Waals surface area contributed by atoms with Crippen LogP contribution in [0.4, 0.5) is 5.69 Å². The van der Waals surface area contributed by atoms with Gasteiger partial charge in [-0.2, -0.15) is 0 Å². The largest absolute Gasteiger partial charge is 0.346 e. The Morgan fingerprint density at radius 1 is 1.17 bits per heavy atom. The maximum Gasteiger partial charge on any atom is 0.267 e. The van der Waals surface area contributed by atoms with Gasteiger partial charge < -0.3 is 14.4 Å². The number of hydrogen-bond acceptors (Lipinski definition) is 3. The summed E-state index contributed by atoms with van der Waals surface area (Å²) < 4.78 is 12.4. The predicted molar refractivity (Wildman–Crippen MR) is 93.0 cm³/mol. The molecule has 2 atom stereocenters. The van der Waals surface area contributed by atoms with Gasteiger partial charge in [0.2, 0.25) is 0 Å². The van der Waals surface area contributed by atoms with Crippen LogP contribution in [-0.2, 0) is 25.3 Å². The molecular weight excluding hydrogens is 302 g/mol. The van der Waals surface area contributed by atoms with Crippen molar-refractivity contribution in [2.75, 3.05) is 18.6 Å². The Morgan fingerprint density at radius 3 is 2.62 bits per heavy atom. The van der Waals surface area contributed by atoms with Crippen molar-refractivity contribution in [3.63, 3.8) is 0 Å². The minimum absolute atomic E-state index is 0.0310. The van der Waals surface area contributed by atoms with Crippen molar-refractivity contribution in [2.45, 2.75) is 56.8 Å². The van der Waals surface area contributed by atoms with Crippen LogP contribution in [0.5, 0.6) is 0 Å². The van der Waals surface area contributed by atoms with E-state index in [1.807, 2.05) is 31.3 Å². The number of fused-ring (bicyclic) bond motifs is 2. The maximum atomic E-state index is 13.2. The molecule has 1 fully saturated rings. The summed E-state index contributed by atoms with van der Waals surface area (Å²) in [5, 5.41) is 0. The number of amides is 1. The van der Waals surface area contributed by atoms with Crippen molar-refractivity contribution < 1.29 is 14.3 Å². The smallest absolute Gasteiger partial charge is 0.267 e. The van der Waals surface area contributed by atoms with E-state index in [9.17, 15) is 4.79 Å². The van der Waals surface area contributed by atoms with Crippen molar-refractivity contribution in [2.24, 2.45) is 0 Å². The van der Waals surface area contributed by atoms with Gasteiger partial charge in [0.15, 0.2) is 11.4 Å². The van der Waals surface area contributed by atoms with Crippen molar-refractivity contribution in [3.8, 4) is 0 Å². The monoisotopic (exact) mass is 327 g/mol. The summed E-state index contributed by atoms with van der Waals surface area (Å²) in [7, 11) is 1.83. The lowest BCUT2D eigenvalue weighted by Gasteiger charge is -2.36. The Kier molecular flexibility index (Phi) is 3.26. The van der Waals surface area contributed by atoms with Crippen LogP contribution in [0.1, 0.15) is 51.2 Å². The highest BCUT2D eigenvalue weighted by Gasteiger charge is 2.58. The third-order valence-electron chi connectivity index (χ3n) is 5.38. The number of benzene rings is 1. The van der Waals surface area contributed by atoms with Crippen molar-refractivity contribution in [3.05, 3.63) is 41.5 Å². The molecule has 2 unspecified atom stereocenters. The molecule has 3 aliphatic heterocycles. The number of rotatable bonds is 0. The van der Waals surface area contributed by atoms with Gasteiger partial charge in [-0.25, -0.2) is 0 Å². The second-order valence-corrected chi connectivity index (χ2v) is 8.10. The van der Waals surface area contributed by atoms with E-state index in [0.717, 1.165) is 36.1 Å². The highest BCUT2D eigenvalue weighted by atomic mass is 16.7. The molecule has 3 heterocycles. The number of carbonyl (C=O) groups excluding carboxylic acids is 1. The van der Waals surface area contributed by atoms with Crippen LogP contribution >= 0.6 is 0 Å². The molecule has 2 spiro atoms. The van der Waals surface area contributed by atoms with Crippen LogP contribution in [0, 0.1) is 0 Å². The number of anilines is 1. The molecule has 1 aromatic carbocycles. The van der Waals surface area contributed by atoms with E-state index in [0.29, 0.717) is 6.61 Å². The van der Waals surface area contributed by atoms with Gasteiger partial charge in [-0.05, 0) is 42.0 Å². The quantitative estimate of drug-likeness (QED) is 0.683. The molecule has 0 saturated carbocycles. The summed E-state index contributed by atoms with van der Waals surface area (Å²) in [4.78, 5) is 14.9. The summed E-state index contributed by atoms with van der Waals surface area (Å²) in [5.41, 5.74) is 1.93. The van der Waals surface area contributed by atoms with Crippen molar-refractivity contribution in [1.82, 2.24) is 0 Å². The highest BCUT2D eigenvalue weighted by Crippen LogP contribution is 2.53. The molecule has 1 amide bonds. The normalized spacial score (nSPS) is 32.2. The minimum atomic E-state index is -1.05. The summed E-state index contributed by atoms with van der Waals surface area (Å²) in [6, 6.07) is 6.13. The SMILES string of the molecule is CN1C(=O)C2(C=CC3(CCCCO3)O2)c2c1cccc2C(C)(C)C. The van der Waals surface area contributed by atoms with E-state index in [1.54, 1.807) is 4.90 Å². The molecular formula is C20H25NO3. The van der Waals surface area contributed by atoms with E-state index in [-0.39, 0.29) is 11.3 Å². The van der Waals surface area contributed by atoms with Crippen LogP contribution in [0.3, 0.4) is 0 Å². The fourth-order valence-electron chi connectivity index (χ4n) is 4.14. The van der Waals surface area contributed by atoms with Gasteiger partial charge in [-0.3, -0.25) is 4.79 Å². The Hall–Kier alpha value is -1.65. The zero-order valence-corrected chi connectivity index (χ0v) is 14.9. The lowest BCUT2D eigenvalue weighted by molar-refractivity contribution is -0.249. The van der Waals surface area contributed by atoms with E-state index in [1.165, 1.54) is 0 Å². The molecule has 3 aliphatic rings. The van der Waals surface area contributed by atoms with Crippen LogP contribution in [0.25, 0.3) is 0 Å². The topological polar surface area (TPSA) is 38.8 Å². The second kappa shape index (κ2) is 4.93. The van der Waals surface area contributed by atoms with Gasteiger partial charge in [-0.15, -0.1) is 0 Å². The Morgan fingerprint density at radius 2 is 1.96 bits per heavy atom. The maximum absolute atomic E-state index is 13.2. The first-order chi connectivity index (χ1) is 11.3. The van der Waals surface area contributed by atoms with E-state index in [2.05, 4.69) is 26.8 Å². The average Bonchev–Trinajstić information content (AvgIpc) is 3.01. The third-order valence-corrected chi connectivity index (χ3v) is 5.38. The molecule has 1 aromatic rings. The molecule has 4 heteroatoms. The molecule has 0 aliphatic carbocycles. The second-order valence-electron chi connectivity index (χ2n) is 8.10. The van der Waals surface area contributed by atoms with Crippen molar-refractivity contribution >= 4 is 11.6 Å². The fraction of sp³-hybridized carbons (Fsp3) is 0.550. The summed E-state index contributed by atoms with van der Waals surface area (Å²) >= 11 is 0. The minimum Gasteiger partial charge on any atom is -0.346 e. The van der Waals surface area contributed by atoms with Gasteiger partial charge in [0.1, 0.15) is 0 Å². The molecule has 0 bridgehead atoms. The summed E-state index contributed by atoms with van der Waals surface area (Å²) in [5.74, 6) is -0.780. The molecule has 0 N–H and O–H groups in total. The number of likely N-dealkylation sites (N-methyl/N-ethyl adjacent to an activating group) is 1. The van der Waals surface area contributed by atoms with Crippen LogP contribution < -0.4 is 4.90 Å². The van der Waals surface area contributed by atoms with Gasteiger partial charge in [0.25, 0.3) is 5.91 Å². The number of nitrogens with zero attached hydrogens (tertiary/aromatic N) is 1. The first kappa shape index (κ1) is 15.9. The van der Waals surface area contributed by atoms with Crippen molar-refractivity contribution in [1.29, 1.82) is 0 Å². The van der Waals surface area contributed by atoms with Gasteiger partial charge in [0.05, 0.1) is 12.3 Å². The number of hydrogen-bond donors (Lipinski definition) is 0. The number of carbonyl (C=O) groups is 1. The first-order valence-corrected chi connectivity index (χ1v) is 8.76. The van der Waals surface area contributed by atoms with Crippen LogP contribution in [-0.4, -0.2) is 25.3 Å². The Balaban J connectivity index is 1.88. The summed E-state index contributed by atoms with van der Waals surface area (Å²) in [6.07, 6.45) is 6.79. The zero-order chi connectivity index (χ0) is 17.2. The lowest BCUT2D eigenvalue weighted by Crippen LogP contribution is -2.45. The molecule has 24 heavy (non-hydrogen) atoms. The predicted octanol–water partition coefficient (Wildman–Crippen LogP) is 3.64. The van der Waals surface area contributed by atoms with E-state index >= 15 is 0 Å². The zero-order valence-electron chi connectivity index (χ0n) is 14.9. The lowest BCUT2D eigenvalue weighted by atomic mass is 9.79. The number of ether oxygens (including phenoxy) is 2. The molecule has 4 rings (SSSR count). The van der Waals surface area contributed by atoms with E-state index in [4.69, 9.17) is 9.47 Å². The molecule has 4 nitrogen and oxygen atoms in total. The van der Waals surface area contributed by atoms with Gasteiger partial charge in [0, 0.05) is 19.0 Å². The molecule has 128 valence electrons.